The highest BCUT2D eigenvalue weighted by Crippen LogP contribution is 2.66. The molecule has 0 aromatic rings. The summed E-state index contributed by atoms with van der Waals surface area (Å²) >= 11 is 0. The van der Waals surface area contributed by atoms with Crippen LogP contribution >= 0.6 is 0 Å². The Kier molecular flexibility index (Phi) is 3.32. The van der Waals surface area contributed by atoms with Crippen molar-refractivity contribution in [1.82, 2.24) is 0 Å². The molecule has 0 heterocycles. The molecular weight excluding hydrogens is 252 g/mol. The first-order valence-corrected chi connectivity index (χ1v) is 9.80. The maximum atomic E-state index is 2.71. The third kappa shape index (κ3) is 1.86. The zero-order chi connectivity index (χ0) is 14.7. The molecule has 0 bridgehead atoms. The van der Waals surface area contributed by atoms with E-state index >= 15 is 0 Å². The van der Waals surface area contributed by atoms with Gasteiger partial charge in [-0.2, -0.15) is 0 Å². The summed E-state index contributed by atoms with van der Waals surface area (Å²) in [4.78, 5) is 0. The fraction of sp³-hybridized carbons (Fsp3) is 0.905. The zero-order valence-electron chi connectivity index (χ0n) is 14.5. The summed E-state index contributed by atoms with van der Waals surface area (Å²) in [5, 5.41) is 0. The molecule has 0 aromatic carbocycles. The van der Waals surface area contributed by atoms with Crippen LogP contribution in [0.5, 0.6) is 0 Å². The van der Waals surface area contributed by atoms with Crippen LogP contribution in [0, 0.1) is 34.5 Å². The number of allylic oxidation sites excluding steroid dienone is 2. The highest BCUT2D eigenvalue weighted by Gasteiger charge is 2.56. The van der Waals surface area contributed by atoms with Crippen molar-refractivity contribution in [3.63, 3.8) is 0 Å². The van der Waals surface area contributed by atoms with Gasteiger partial charge in [0.05, 0.1) is 0 Å². The topological polar surface area (TPSA) is 0 Å². The highest BCUT2D eigenvalue weighted by molar-refractivity contribution is 5.29. The first kappa shape index (κ1) is 14.3. The summed E-state index contributed by atoms with van der Waals surface area (Å²) in [7, 11) is 0. The molecule has 0 spiro atoms. The Morgan fingerprint density at radius 3 is 2.71 bits per heavy atom. The van der Waals surface area contributed by atoms with Crippen LogP contribution in [0.3, 0.4) is 0 Å². The lowest BCUT2D eigenvalue weighted by Crippen LogP contribution is -2.50. The van der Waals surface area contributed by atoms with Crippen LogP contribution in [0.1, 0.15) is 85.0 Å². The maximum Gasteiger partial charge on any atom is -0.00823 e. The smallest absolute Gasteiger partial charge is 0.00823 e. The molecule has 4 aliphatic carbocycles. The maximum absolute atomic E-state index is 2.71. The molecule has 0 aromatic heterocycles. The van der Waals surface area contributed by atoms with Crippen molar-refractivity contribution in [2.24, 2.45) is 34.5 Å². The molecule has 21 heavy (non-hydrogen) atoms. The minimum atomic E-state index is 0.577. The number of rotatable bonds is 1. The molecule has 3 fully saturated rings. The van der Waals surface area contributed by atoms with Crippen LogP contribution in [-0.2, 0) is 0 Å². The minimum absolute atomic E-state index is 0.577. The molecule has 3 saturated carbocycles. The average molecular weight is 287 g/mol. The first-order chi connectivity index (χ1) is 10.1. The van der Waals surface area contributed by atoms with Gasteiger partial charge in [0, 0.05) is 0 Å². The third-order valence-corrected chi connectivity index (χ3v) is 8.66. The minimum Gasteiger partial charge on any atom is -0.0842 e. The molecule has 0 amide bonds. The lowest BCUT2D eigenvalue weighted by Gasteiger charge is -2.59. The first-order valence-electron chi connectivity index (χ1n) is 9.80. The molecule has 118 valence electrons. The third-order valence-electron chi connectivity index (χ3n) is 8.66. The molecule has 4 aliphatic rings. The van der Waals surface area contributed by atoms with Crippen molar-refractivity contribution < 1.29 is 0 Å². The van der Waals surface area contributed by atoms with E-state index in [1.54, 1.807) is 0 Å². The molecule has 0 heteroatoms. The van der Waals surface area contributed by atoms with E-state index in [2.05, 4.69) is 26.8 Å². The Morgan fingerprint density at radius 2 is 1.90 bits per heavy atom. The van der Waals surface area contributed by atoms with Gasteiger partial charge >= 0.3 is 0 Å². The Labute approximate surface area is 131 Å². The van der Waals surface area contributed by atoms with Crippen LogP contribution in [0.4, 0.5) is 0 Å². The van der Waals surface area contributed by atoms with Crippen LogP contribution in [-0.4, -0.2) is 0 Å². The van der Waals surface area contributed by atoms with Crippen LogP contribution < -0.4 is 0 Å². The van der Waals surface area contributed by atoms with E-state index in [-0.39, 0.29) is 0 Å². The van der Waals surface area contributed by atoms with E-state index < -0.39 is 0 Å². The van der Waals surface area contributed by atoms with Gasteiger partial charge in [-0.05, 0) is 79.4 Å². The van der Waals surface area contributed by atoms with Gasteiger partial charge in [-0.15, -0.1) is 0 Å². The number of fused-ring (bicyclic) bond motifs is 5. The number of hydrogen-bond acceptors (Lipinski definition) is 0. The van der Waals surface area contributed by atoms with Gasteiger partial charge in [-0.3, -0.25) is 0 Å². The SMILES string of the molecule is CC[C@H]1CC=C2[C@@H]3CCC4CCCC[C@]4(C)[C@H]3CC[C@@]21C. The second-order valence-corrected chi connectivity index (χ2v) is 9.20. The van der Waals surface area contributed by atoms with Gasteiger partial charge in [0.2, 0.25) is 0 Å². The second kappa shape index (κ2) is 4.87. The molecule has 1 unspecified atom stereocenters. The highest BCUT2D eigenvalue weighted by atomic mass is 14.6. The van der Waals surface area contributed by atoms with Gasteiger partial charge in [-0.1, -0.05) is 51.7 Å². The standard InChI is InChI=1S/C21H34/c1-4-15-9-11-18-17-10-8-16-7-5-6-13-20(16,2)19(17)12-14-21(15,18)3/h11,15-17,19H,4-10,12-14H2,1-3H3/t15-,16?,17-,19-,20-,21+/m0/s1. The fourth-order valence-electron chi connectivity index (χ4n) is 7.33. The van der Waals surface area contributed by atoms with Crippen molar-refractivity contribution in [3.8, 4) is 0 Å². The summed E-state index contributed by atoms with van der Waals surface area (Å²) in [6.07, 6.45) is 17.6. The predicted octanol–water partition coefficient (Wildman–Crippen LogP) is 6.37. The summed E-state index contributed by atoms with van der Waals surface area (Å²) in [6.45, 7) is 7.72. The van der Waals surface area contributed by atoms with E-state index in [0.717, 1.165) is 23.7 Å². The van der Waals surface area contributed by atoms with E-state index in [4.69, 9.17) is 0 Å². The van der Waals surface area contributed by atoms with Crippen molar-refractivity contribution >= 4 is 0 Å². The van der Waals surface area contributed by atoms with Crippen molar-refractivity contribution in [2.45, 2.75) is 85.0 Å². The lowest BCUT2D eigenvalue weighted by molar-refractivity contribution is -0.0557. The molecule has 4 rings (SSSR count). The Hall–Kier alpha value is -0.260. The summed E-state index contributed by atoms with van der Waals surface area (Å²) < 4.78 is 0. The molecule has 0 radical (unpaired) electrons. The van der Waals surface area contributed by atoms with E-state index in [9.17, 15) is 0 Å². The summed E-state index contributed by atoms with van der Waals surface area (Å²) in [5.41, 5.74) is 3.19. The van der Waals surface area contributed by atoms with Crippen molar-refractivity contribution in [1.29, 1.82) is 0 Å². The predicted molar refractivity (Wildman–Crippen MR) is 90.1 cm³/mol. The average Bonchev–Trinajstić information content (AvgIpc) is 2.83. The Balaban J connectivity index is 1.66. The normalized spacial score (nSPS) is 52.6. The molecule has 0 nitrogen and oxygen atoms in total. The molecular formula is C21H34. The van der Waals surface area contributed by atoms with Crippen LogP contribution in [0.2, 0.25) is 0 Å². The molecule has 0 aliphatic heterocycles. The van der Waals surface area contributed by atoms with Gasteiger partial charge in [0.25, 0.3) is 0 Å². The van der Waals surface area contributed by atoms with Gasteiger partial charge in [0.15, 0.2) is 0 Å². The lowest BCUT2D eigenvalue weighted by atomic mass is 9.46. The van der Waals surface area contributed by atoms with E-state index in [1.165, 1.54) is 64.2 Å². The van der Waals surface area contributed by atoms with Crippen molar-refractivity contribution in [3.05, 3.63) is 11.6 Å². The van der Waals surface area contributed by atoms with Crippen LogP contribution in [0.15, 0.2) is 11.6 Å². The second-order valence-electron chi connectivity index (χ2n) is 9.20. The Morgan fingerprint density at radius 1 is 1.05 bits per heavy atom. The monoisotopic (exact) mass is 286 g/mol. The summed E-state index contributed by atoms with van der Waals surface area (Å²) in [5.74, 6) is 3.98. The van der Waals surface area contributed by atoms with Gasteiger partial charge in [0.1, 0.15) is 0 Å². The Bertz CT molecular complexity index is 447. The van der Waals surface area contributed by atoms with Crippen LogP contribution in [0.25, 0.3) is 0 Å². The molecule has 6 atom stereocenters. The molecule has 0 saturated heterocycles. The molecule has 0 N–H and O–H groups in total. The van der Waals surface area contributed by atoms with E-state index in [0.29, 0.717) is 10.8 Å². The largest absolute Gasteiger partial charge is 0.0842 e. The fourth-order valence-corrected chi connectivity index (χ4v) is 7.33. The number of hydrogen-bond donors (Lipinski definition) is 0. The van der Waals surface area contributed by atoms with Gasteiger partial charge < -0.3 is 0 Å². The van der Waals surface area contributed by atoms with Gasteiger partial charge in [-0.25, -0.2) is 0 Å². The van der Waals surface area contributed by atoms with Crippen molar-refractivity contribution in [2.75, 3.05) is 0 Å². The summed E-state index contributed by atoms with van der Waals surface area (Å²) in [6, 6.07) is 0. The zero-order valence-corrected chi connectivity index (χ0v) is 14.5. The van der Waals surface area contributed by atoms with E-state index in [1.807, 2.05) is 5.57 Å². The quantitative estimate of drug-likeness (QED) is 0.492.